The number of fused-ring (bicyclic) bond motifs is 1. The van der Waals surface area contributed by atoms with Gasteiger partial charge in [-0.3, -0.25) is 0 Å². The fourth-order valence-corrected chi connectivity index (χ4v) is 2.57. The largest absolute Gasteiger partial charge is 0.363 e. The first-order valence-electron chi connectivity index (χ1n) is 6.61. The molecule has 3 rings (SSSR count). The smallest absolute Gasteiger partial charge is 0.349 e. The SMILES string of the molecule is Cc1noc(C)c1C(C)Nc1cc2n[nH]c(=O)n2c(C)n1. The predicted molar refractivity (Wildman–Crippen MR) is 76.4 cm³/mol. The van der Waals surface area contributed by atoms with Gasteiger partial charge in [-0.25, -0.2) is 19.3 Å². The highest BCUT2D eigenvalue weighted by atomic mass is 16.5. The van der Waals surface area contributed by atoms with Gasteiger partial charge in [0.05, 0.1) is 11.7 Å². The Bertz CT molecular complexity index is 840. The summed E-state index contributed by atoms with van der Waals surface area (Å²) in [5.74, 6) is 1.99. The highest BCUT2D eigenvalue weighted by Crippen LogP contribution is 2.24. The van der Waals surface area contributed by atoms with Crippen LogP contribution >= 0.6 is 0 Å². The predicted octanol–water partition coefficient (Wildman–Crippen LogP) is 1.50. The maximum Gasteiger partial charge on any atom is 0.349 e. The maximum atomic E-state index is 11.6. The zero-order valence-electron chi connectivity index (χ0n) is 12.3. The van der Waals surface area contributed by atoms with E-state index in [2.05, 4.69) is 25.7 Å². The molecule has 0 aliphatic heterocycles. The summed E-state index contributed by atoms with van der Waals surface area (Å²) in [5, 5.41) is 13.6. The molecule has 0 aliphatic rings. The molecule has 21 heavy (non-hydrogen) atoms. The van der Waals surface area contributed by atoms with Gasteiger partial charge in [0, 0.05) is 11.6 Å². The first kappa shape index (κ1) is 13.3. The molecular weight excluding hydrogens is 272 g/mol. The van der Waals surface area contributed by atoms with Gasteiger partial charge in [-0.1, -0.05) is 5.16 Å². The van der Waals surface area contributed by atoms with Gasteiger partial charge in [-0.2, -0.15) is 5.10 Å². The second-order valence-electron chi connectivity index (χ2n) is 5.01. The van der Waals surface area contributed by atoms with Crippen LogP contribution in [-0.2, 0) is 0 Å². The van der Waals surface area contributed by atoms with Crippen LogP contribution in [0.15, 0.2) is 15.4 Å². The minimum absolute atomic E-state index is 0.0173. The van der Waals surface area contributed by atoms with Crippen molar-refractivity contribution in [3.63, 3.8) is 0 Å². The van der Waals surface area contributed by atoms with E-state index >= 15 is 0 Å². The van der Waals surface area contributed by atoms with Crippen molar-refractivity contribution in [2.45, 2.75) is 33.7 Å². The van der Waals surface area contributed by atoms with Crippen molar-refractivity contribution in [2.75, 3.05) is 5.32 Å². The molecule has 0 saturated heterocycles. The van der Waals surface area contributed by atoms with Gasteiger partial charge in [-0.05, 0) is 27.7 Å². The lowest BCUT2D eigenvalue weighted by atomic mass is 10.1. The number of nitrogens with one attached hydrogen (secondary N) is 2. The molecule has 8 nitrogen and oxygen atoms in total. The summed E-state index contributed by atoms with van der Waals surface area (Å²) in [6, 6.07) is 1.70. The Hall–Kier alpha value is -2.64. The number of rotatable bonds is 3. The molecule has 3 aromatic heterocycles. The lowest BCUT2D eigenvalue weighted by Crippen LogP contribution is -2.15. The van der Waals surface area contributed by atoms with E-state index in [-0.39, 0.29) is 11.7 Å². The molecule has 0 aromatic carbocycles. The molecular formula is C13H16N6O2. The molecule has 110 valence electrons. The molecule has 0 amide bonds. The zero-order valence-corrected chi connectivity index (χ0v) is 12.3. The van der Waals surface area contributed by atoms with E-state index in [1.165, 1.54) is 4.40 Å². The fraction of sp³-hybridized carbons (Fsp3) is 0.385. The number of nitrogens with zero attached hydrogens (tertiary/aromatic N) is 4. The number of aromatic amines is 1. The third-order valence-corrected chi connectivity index (χ3v) is 3.46. The van der Waals surface area contributed by atoms with Crippen molar-refractivity contribution >= 4 is 11.5 Å². The Morgan fingerprint density at radius 2 is 2.14 bits per heavy atom. The van der Waals surface area contributed by atoms with Gasteiger partial charge >= 0.3 is 5.69 Å². The summed E-state index contributed by atoms with van der Waals surface area (Å²) >= 11 is 0. The van der Waals surface area contributed by atoms with Crippen LogP contribution in [0, 0.1) is 20.8 Å². The molecule has 0 bridgehead atoms. The molecule has 8 heteroatoms. The summed E-state index contributed by atoms with van der Waals surface area (Å²) in [6.07, 6.45) is 0. The summed E-state index contributed by atoms with van der Waals surface area (Å²) in [7, 11) is 0. The van der Waals surface area contributed by atoms with Crippen LogP contribution < -0.4 is 11.0 Å². The zero-order chi connectivity index (χ0) is 15.1. The number of hydrogen-bond acceptors (Lipinski definition) is 6. The van der Waals surface area contributed by atoms with E-state index in [0.717, 1.165) is 17.0 Å². The van der Waals surface area contributed by atoms with Crippen LogP contribution in [0.5, 0.6) is 0 Å². The molecule has 0 saturated carbocycles. The van der Waals surface area contributed by atoms with Crippen LogP contribution in [0.1, 0.15) is 35.8 Å². The molecule has 2 N–H and O–H groups in total. The lowest BCUT2D eigenvalue weighted by molar-refractivity contribution is 0.392. The topological polar surface area (TPSA) is 101 Å². The normalized spacial score (nSPS) is 12.8. The number of hydrogen-bond donors (Lipinski definition) is 2. The summed E-state index contributed by atoms with van der Waals surface area (Å²) in [6.45, 7) is 7.54. The van der Waals surface area contributed by atoms with Crippen LogP contribution in [0.25, 0.3) is 5.65 Å². The van der Waals surface area contributed by atoms with E-state index < -0.39 is 0 Å². The number of anilines is 1. The molecule has 0 spiro atoms. The molecule has 0 fully saturated rings. The van der Waals surface area contributed by atoms with Crippen LogP contribution in [0.4, 0.5) is 5.82 Å². The van der Waals surface area contributed by atoms with Gasteiger partial charge < -0.3 is 9.84 Å². The fourth-order valence-electron chi connectivity index (χ4n) is 2.57. The second kappa shape index (κ2) is 4.72. The average Bonchev–Trinajstić information content (AvgIpc) is 2.93. The molecule has 1 unspecified atom stereocenters. The molecule has 3 heterocycles. The Labute approximate surface area is 120 Å². The first-order chi connectivity index (χ1) is 9.97. The van der Waals surface area contributed by atoms with E-state index in [4.69, 9.17) is 4.52 Å². The molecule has 0 aliphatic carbocycles. The monoisotopic (exact) mass is 288 g/mol. The van der Waals surface area contributed by atoms with E-state index in [1.807, 2.05) is 20.8 Å². The lowest BCUT2D eigenvalue weighted by Gasteiger charge is -2.14. The summed E-state index contributed by atoms with van der Waals surface area (Å²) in [5.41, 5.74) is 2.09. The van der Waals surface area contributed by atoms with Crippen molar-refractivity contribution in [2.24, 2.45) is 0 Å². The van der Waals surface area contributed by atoms with Gasteiger partial charge in [0.15, 0.2) is 5.65 Å². The highest BCUT2D eigenvalue weighted by Gasteiger charge is 2.17. The second-order valence-corrected chi connectivity index (χ2v) is 5.01. The third-order valence-electron chi connectivity index (χ3n) is 3.46. The Morgan fingerprint density at radius 1 is 1.38 bits per heavy atom. The molecule has 0 radical (unpaired) electrons. The van der Waals surface area contributed by atoms with Crippen LogP contribution in [-0.4, -0.2) is 24.7 Å². The maximum absolute atomic E-state index is 11.6. The van der Waals surface area contributed by atoms with E-state index in [1.54, 1.807) is 13.0 Å². The minimum Gasteiger partial charge on any atom is -0.363 e. The molecule has 1 atom stereocenters. The Kier molecular flexibility index (Phi) is 3.00. The number of aromatic nitrogens is 5. The minimum atomic E-state index is -0.291. The summed E-state index contributed by atoms with van der Waals surface area (Å²) in [4.78, 5) is 16.0. The average molecular weight is 288 g/mol. The van der Waals surface area contributed by atoms with Crippen molar-refractivity contribution in [3.8, 4) is 0 Å². The van der Waals surface area contributed by atoms with Gasteiger partial charge in [-0.15, -0.1) is 0 Å². The standard InChI is InChI=1S/C13H16N6O2/c1-6(12-7(2)18-21-8(12)3)14-10-5-11-16-17-13(20)19(11)9(4)15-10/h5-6,14H,1-4H3,(H,17,20). The Balaban J connectivity index is 1.97. The van der Waals surface area contributed by atoms with Crippen LogP contribution in [0.3, 0.4) is 0 Å². The van der Waals surface area contributed by atoms with E-state index in [0.29, 0.717) is 17.3 Å². The highest BCUT2D eigenvalue weighted by molar-refractivity contribution is 5.51. The quantitative estimate of drug-likeness (QED) is 0.757. The van der Waals surface area contributed by atoms with Crippen LogP contribution in [0.2, 0.25) is 0 Å². The summed E-state index contributed by atoms with van der Waals surface area (Å²) < 4.78 is 6.60. The Morgan fingerprint density at radius 3 is 2.81 bits per heavy atom. The van der Waals surface area contributed by atoms with Crippen molar-refractivity contribution < 1.29 is 4.52 Å². The van der Waals surface area contributed by atoms with E-state index in [9.17, 15) is 4.79 Å². The van der Waals surface area contributed by atoms with Gasteiger partial charge in [0.25, 0.3) is 0 Å². The van der Waals surface area contributed by atoms with Gasteiger partial charge in [0.1, 0.15) is 17.4 Å². The van der Waals surface area contributed by atoms with Crippen molar-refractivity contribution in [1.29, 1.82) is 0 Å². The number of aryl methyl sites for hydroxylation is 3. The number of H-pyrrole nitrogens is 1. The van der Waals surface area contributed by atoms with Crippen molar-refractivity contribution in [3.05, 3.63) is 39.4 Å². The first-order valence-corrected chi connectivity index (χ1v) is 6.61. The van der Waals surface area contributed by atoms with Crippen molar-refractivity contribution in [1.82, 2.24) is 24.7 Å². The molecule has 3 aromatic rings. The third kappa shape index (κ3) is 2.18. The van der Waals surface area contributed by atoms with Gasteiger partial charge in [0.2, 0.25) is 0 Å².